The van der Waals surface area contributed by atoms with Crippen LogP contribution in [-0.4, -0.2) is 52.7 Å². The summed E-state index contributed by atoms with van der Waals surface area (Å²) in [6.07, 6.45) is 0. The molecule has 1 heterocycles. The van der Waals surface area contributed by atoms with Gasteiger partial charge in [-0.25, -0.2) is 13.1 Å². The van der Waals surface area contributed by atoms with Crippen LogP contribution in [0.5, 0.6) is 0 Å². The molecule has 1 N–H and O–H groups in total. The molecule has 0 aliphatic carbocycles. The van der Waals surface area contributed by atoms with Crippen molar-refractivity contribution in [3.63, 3.8) is 0 Å². The third kappa shape index (κ3) is 5.28. The third-order valence-corrected chi connectivity index (χ3v) is 4.41. The predicted octanol–water partition coefficient (Wildman–Crippen LogP) is 0.438. The van der Waals surface area contributed by atoms with Gasteiger partial charge >= 0.3 is 0 Å². The lowest BCUT2D eigenvalue weighted by Gasteiger charge is -2.26. The molecule has 1 aromatic rings. The first-order valence-electron chi connectivity index (χ1n) is 6.47. The van der Waals surface area contributed by atoms with E-state index in [4.69, 9.17) is 4.74 Å². The first-order chi connectivity index (χ1) is 9.16. The zero-order valence-electron chi connectivity index (χ0n) is 10.9. The number of benzene rings is 1. The predicted molar refractivity (Wildman–Crippen MR) is 74.3 cm³/mol. The number of rotatable bonds is 6. The van der Waals surface area contributed by atoms with Crippen molar-refractivity contribution in [2.75, 3.05) is 39.4 Å². The molecule has 19 heavy (non-hydrogen) atoms. The summed E-state index contributed by atoms with van der Waals surface area (Å²) in [6.45, 7) is 4.40. The van der Waals surface area contributed by atoms with Crippen molar-refractivity contribution in [1.29, 1.82) is 0 Å². The maximum Gasteiger partial charge on any atom is 0.215 e. The van der Waals surface area contributed by atoms with Crippen LogP contribution < -0.4 is 4.72 Å². The Balaban J connectivity index is 1.74. The van der Waals surface area contributed by atoms with Crippen molar-refractivity contribution in [3.05, 3.63) is 35.9 Å². The number of hydrogen-bond donors (Lipinski definition) is 1. The van der Waals surface area contributed by atoms with E-state index in [0.717, 1.165) is 38.4 Å². The molecule has 2 rings (SSSR count). The van der Waals surface area contributed by atoms with Crippen LogP contribution in [0, 0.1) is 0 Å². The second-order valence-corrected chi connectivity index (χ2v) is 6.40. The van der Waals surface area contributed by atoms with Gasteiger partial charge in [-0.2, -0.15) is 0 Å². The fraction of sp³-hybridized carbons (Fsp3) is 0.538. The first-order valence-corrected chi connectivity index (χ1v) is 8.12. The Labute approximate surface area is 114 Å². The summed E-state index contributed by atoms with van der Waals surface area (Å²) in [5, 5.41) is 0. The summed E-state index contributed by atoms with van der Waals surface area (Å²) in [5.74, 6) is 0.0386. The number of morpholine rings is 1. The summed E-state index contributed by atoms with van der Waals surface area (Å²) in [4.78, 5) is 2.20. The minimum atomic E-state index is -3.24. The molecule has 1 aliphatic heterocycles. The molecule has 0 radical (unpaired) electrons. The van der Waals surface area contributed by atoms with E-state index in [2.05, 4.69) is 9.62 Å². The Morgan fingerprint density at radius 1 is 1.16 bits per heavy atom. The average Bonchev–Trinajstić information content (AvgIpc) is 2.40. The van der Waals surface area contributed by atoms with Gasteiger partial charge in [-0.15, -0.1) is 0 Å². The van der Waals surface area contributed by atoms with Crippen molar-refractivity contribution >= 4 is 10.0 Å². The molecular weight excluding hydrogens is 264 g/mol. The van der Waals surface area contributed by atoms with Crippen LogP contribution in [0.15, 0.2) is 30.3 Å². The standard InChI is InChI=1S/C13H20N2O3S/c16-19(17,12-13-4-2-1-3-5-13)14-6-7-15-8-10-18-11-9-15/h1-5,14H,6-12H2. The Kier molecular flexibility index (Phi) is 5.33. The lowest BCUT2D eigenvalue weighted by atomic mass is 10.2. The maximum atomic E-state index is 11.9. The van der Waals surface area contributed by atoms with Crippen LogP contribution in [0.25, 0.3) is 0 Å². The zero-order valence-corrected chi connectivity index (χ0v) is 11.7. The van der Waals surface area contributed by atoms with Crippen molar-refractivity contribution in [2.45, 2.75) is 5.75 Å². The molecule has 0 amide bonds. The normalized spacial score (nSPS) is 17.5. The molecule has 0 atom stereocenters. The number of hydrogen-bond acceptors (Lipinski definition) is 4. The van der Waals surface area contributed by atoms with Gasteiger partial charge in [-0.05, 0) is 5.56 Å². The van der Waals surface area contributed by atoms with Crippen molar-refractivity contribution in [2.24, 2.45) is 0 Å². The van der Waals surface area contributed by atoms with Crippen molar-refractivity contribution in [3.8, 4) is 0 Å². The second kappa shape index (κ2) is 7.00. The van der Waals surface area contributed by atoms with Crippen LogP contribution in [-0.2, 0) is 20.5 Å². The van der Waals surface area contributed by atoms with Gasteiger partial charge in [0.25, 0.3) is 0 Å². The minimum absolute atomic E-state index is 0.0386. The zero-order chi connectivity index (χ0) is 13.6. The smallest absolute Gasteiger partial charge is 0.215 e. The monoisotopic (exact) mass is 284 g/mol. The number of nitrogens with one attached hydrogen (secondary N) is 1. The maximum absolute atomic E-state index is 11.9. The quantitative estimate of drug-likeness (QED) is 0.823. The number of nitrogens with zero attached hydrogens (tertiary/aromatic N) is 1. The Bertz CT molecular complexity index is 470. The van der Waals surface area contributed by atoms with Crippen LogP contribution in [0.2, 0.25) is 0 Å². The minimum Gasteiger partial charge on any atom is -0.379 e. The van der Waals surface area contributed by atoms with Gasteiger partial charge in [-0.1, -0.05) is 30.3 Å². The highest BCUT2D eigenvalue weighted by Crippen LogP contribution is 2.04. The van der Waals surface area contributed by atoms with E-state index in [1.54, 1.807) is 0 Å². The molecule has 0 bridgehead atoms. The van der Waals surface area contributed by atoms with Crippen molar-refractivity contribution < 1.29 is 13.2 Å². The van der Waals surface area contributed by atoms with Gasteiger partial charge in [0.1, 0.15) is 0 Å². The van der Waals surface area contributed by atoms with E-state index in [1.807, 2.05) is 30.3 Å². The van der Waals surface area contributed by atoms with Crippen LogP contribution >= 0.6 is 0 Å². The Morgan fingerprint density at radius 2 is 1.84 bits per heavy atom. The van der Waals surface area contributed by atoms with Gasteiger partial charge in [0.2, 0.25) is 10.0 Å². The topological polar surface area (TPSA) is 58.6 Å². The molecule has 0 spiro atoms. The van der Waals surface area contributed by atoms with E-state index >= 15 is 0 Å². The molecule has 1 saturated heterocycles. The lowest BCUT2D eigenvalue weighted by Crippen LogP contribution is -2.41. The fourth-order valence-corrected chi connectivity index (χ4v) is 3.16. The highest BCUT2D eigenvalue weighted by atomic mass is 32.2. The molecule has 5 nitrogen and oxygen atoms in total. The SMILES string of the molecule is O=S(=O)(Cc1ccccc1)NCCN1CCOCC1. The highest BCUT2D eigenvalue weighted by molar-refractivity contribution is 7.88. The van der Waals surface area contributed by atoms with Crippen molar-refractivity contribution in [1.82, 2.24) is 9.62 Å². The number of sulfonamides is 1. The summed E-state index contributed by atoms with van der Waals surface area (Å²) in [7, 11) is -3.24. The van der Waals surface area contributed by atoms with Gasteiger partial charge in [0, 0.05) is 26.2 Å². The molecular formula is C13H20N2O3S. The molecule has 1 aromatic carbocycles. The van der Waals surface area contributed by atoms with Gasteiger partial charge in [0.05, 0.1) is 19.0 Å². The lowest BCUT2D eigenvalue weighted by molar-refractivity contribution is 0.0390. The molecule has 106 valence electrons. The largest absolute Gasteiger partial charge is 0.379 e. The van der Waals surface area contributed by atoms with E-state index in [0.29, 0.717) is 6.54 Å². The molecule has 0 unspecified atom stereocenters. The van der Waals surface area contributed by atoms with E-state index in [-0.39, 0.29) is 5.75 Å². The van der Waals surface area contributed by atoms with Gasteiger partial charge < -0.3 is 4.74 Å². The summed E-state index contributed by atoms with van der Waals surface area (Å²) in [5.41, 5.74) is 0.807. The van der Waals surface area contributed by atoms with Crippen LogP contribution in [0.4, 0.5) is 0 Å². The van der Waals surface area contributed by atoms with Crippen LogP contribution in [0.3, 0.4) is 0 Å². The molecule has 1 aliphatic rings. The summed E-state index contributed by atoms with van der Waals surface area (Å²) in [6, 6.07) is 9.21. The van der Waals surface area contributed by atoms with Crippen LogP contribution in [0.1, 0.15) is 5.56 Å². The molecule has 6 heteroatoms. The van der Waals surface area contributed by atoms with E-state index < -0.39 is 10.0 Å². The summed E-state index contributed by atoms with van der Waals surface area (Å²) < 4.78 is 31.7. The highest BCUT2D eigenvalue weighted by Gasteiger charge is 2.13. The summed E-state index contributed by atoms with van der Waals surface area (Å²) >= 11 is 0. The Hall–Kier alpha value is -0.950. The van der Waals surface area contributed by atoms with E-state index in [1.165, 1.54) is 0 Å². The third-order valence-electron chi connectivity index (χ3n) is 3.05. The first kappa shape index (κ1) is 14.5. The van der Waals surface area contributed by atoms with Gasteiger partial charge in [-0.3, -0.25) is 4.90 Å². The van der Waals surface area contributed by atoms with Gasteiger partial charge in [0.15, 0.2) is 0 Å². The molecule has 0 aromatic heterocycles. The average molecular weight is 284 g/mol. The molecule has 1 fully saturated rings. The fourth-order valence-electron chi connectivity index (χ4n) is 2.03. The second-order valence-electron chi connectivity index (χ2n) is 4.59. The molecule has 0 saturated carbocycles. The Morgan fingerprint density at radius 3 is 2.53 bits per heavy atom. The number of ether oxygens (including phenoxy) is 1. The van der Waals surface area contributed by atoms with E-state index in [9.17, 15) is 8.42 Å².